The number of aromatic hydroxyl groups is 1. The summed E-state index contributed by atoms with van der Waals surface area (Å²) in [6.07, 6.45) is 2.38. The van der Waals surface area contributed by atoms with Crippen LogP contribution in [0.15, 0.2) is 6.07 Å². The standard InChI is InChI=1S/C15H20N4O/c1-5-6-10-7-13-17-12(8-15(2,3)4)18-19(13)14(20)11(10)9-16/h7,20H,5-6,8H2,1-4H3. The monoisotopic (exact) mass is 272 g/mol. The predicted molar refractivity (Wildman–Crippen MR) is 76.5 cm³/mol. The fraction of sp³-hybridized carbons (Fsp3) is 0.533. The van der Waals surface area contributed by atoms with Crippen molar-refractivity contribution in [3.63, 3.8) is 0 Å². The van der Waals surface area contributed by atoms with Crippen LogP contribution in [-0.2, 0) is 12.8 Å². The van der Waals surface area contributed by atoms with E-state index in [0.29, 0.717) is 17.0 Å². The molecule has 5 nitrogen and oxygen atoms in total. The summed E-state index contributed by atoms with van der Waals surface area (Å²) in [6, 6.07) is 3.91. The quantitative estimate of drug-likeness (QED) is 0.932. The molecule has 0 aliphatic heterocycles. The lowest BCUT2D eigenvalue weighted by atomic mass is 9.92. The maximum atomic E-state index is 10.2. The van der Waals surface area contributed by atoms with E-state index < -0.39 is 0 Å². The molecule has 20 heavy (non-hydrogen) atoms. The first-order valence-electron chi connectivity index (χ1n) is 6.86. The zero-order chi connectivity index (χ0) is 14.9. The molecule has 0 fully saturated rings. The number of aryl methyl sites for hydroxylation is 1. The van der Waals surface area contributed by atoms with Gasteiger partial charge in [0.05, 0.1) is 0 Å². The lowest BCUT2D eigenvalue weighted by molar-refractivity contribution is 0.397. The van der Waals surface area contributed by atoms with Crippen LogP contribution < -0.4 is 0 Å². The summed E-state index contributed by atoms with van der Waals surface area (Å²) in [5.41, 5.74) is 1.80. The Labute approximate surface area is 118 Å². The largest absolute Gasteiger partial charge is 0.492 e. The molecule has 0 aliphatic carbocycles. The smallest absolute Gasteiger partial charge is 0.232 e. The van der Waals surface area contributed by atoms with E-state index >= 15 is 0 Å². The number of hydrogen-bond donors (Lipinski definition) is 1. The number of nitriles is 1. The molecule has 0 bridgehead atoms. The number of aromatic nitrogens is 3. The van der Waals surface area contributed by atoms with Crippen molar-refractivity contribution < 1.29 is 5.11 Å². The molecule has 106 valence electrons. The van der Waals surface area contributed by atoms with Crippen molar-refractivity contribution in [2.75, 3.05) is 0 Å². The van der Waals surface area contributed by atoms with Gasteiger partial charge in [-0.2, -0.15) is 9.78 Å². The molecule has 0 saturated heterocycles. The fourth-order valence-electron chi connectivity index (χ4n) is 2.23. The molecule has 0 amide bonds. The molecule has 2 aromatic heterocycles. The van der Waals surface area contributed by atoms with Crippen molar-refractivity contribution in [3.05, 3.63) is 23.0 Å². The van der Waals surface area contributed by atoms with Crippen molar-refractivity contribution in [1.29, 1.82) is 5.26 Å². The number of fused-ring (bicyclic) bond motifs is 1. The summed E-state index contributed by atoms with van der Waals surface area (Å²) in [7, 11) is 0. The normalized spacial score (nSPS) is 11.8. The van der Waals surface area contributed by atoms with Gasteiger partial charge in [0.25, 0.3) is 0 Å². The number of nitrogens with zero attached hydrogens (tertiary/aromatic N) is 4. The van der Waals surface area contributed by atoms with Crippen LogP contribution in [0.5, 0.6) is 5.88 Å². The highest BCUT2D eigenvalue weighted by atomic mass is 16.3. The second-order valence-electron chi connectivity index (χ2n) is 6.27. The van der Waals surface area contributed by atoms with Crippen molar-refractivity contribution >= 4 is 5.65 Å². The van der Waals surface area contributed by atoms with E-state index in [1.807, 2.05) is 13.0 Å². The average molecular weight is 272 g/mol. The van der Waals surface area contributed by atoms with Gasteiger partial charge in [-0.15, -0.1) is 5.10 Å². The highest BCUT2D eigenvalue weighted by molar-refractivity contribution is 5.54. The first-order valence-corrected chi connectivity index (χ1v) is 6.86. The van der Waals surface area contributed by atoms with Crippen LogP contribution in [0, 0.1) is 16.7 Å². The van der Waals surface area contributed by atoms with Crippen LogP contribution in [0.4, 0.5) is 0 Å². The molecule has 0 spiro atoms. The minimum absolute atomic E-state index is 0.0743. The summed E-state index contributed by atoms with van der Waals surface area (Å²) < 4.78 is 1.36. The van der Waals surface area contributed by atoms with Crippen LogP contribution in [0.3, 0.4) is 0 Å². The molecular weight excluding hydrogens is 252 g/mol. The summed E-state index contributed by atoms with van der Waals surface area (Å²) in [5, 5.41) is 23.7. The fourth-order valence-corrected chi connectivity index (χ4v) is 2.23. The van der Waals surface area contributed by atoms with Gasteiger partial charge in [-0.25, -0.2) is 4.98 Å². The summed E-state index contributed by atoms with van der Waals surface area (Å²) >= 11 is 0. The molecule has 1 N–H and O–H groups in total. The molecule has 0 aliphatic rings. The summed E-state index contributed by atoms with van der Waals surface area (Å²) in [5.74, 6) is 0.575. The molecule has 5 heteroatoms. The van der Waals surface area contributed by atoms with E-state index in [1.54, 1.807) is 0 Å². The third-order valence-corrected chi connectivity index (χ3v) is 3.04. The summed E-state index contributed by atoms with van der Waals surface area (Å²) in [6.45, 7) is 8.38. The number of rotatable bonds is 3. The Balaban J connectivity index is 2.57. The van der Waals surface area contributed by atoms with Crippen LogP contribution in [0.25, 0.3) is 5.65 Å². The number of pyridine rings is 1. The van der Waals surface area contributed by atoms with Crippen LogP contribution >= 0.6 is 0 Å². The Morgan fingerprint density at radius 2 is 2.10 bits per heavy atom. The Hall–Kier alpha value is -2.09. The molecule has 0 aromatic carbocycles. The Bertz CT molecular complexity index is 674. The predicted octanol–water partition coefficient (Wildman–Crippen LogP) is 2.85. The highest BCUT2D eigenvalue weighted by Crippen LogP contribution is 2.25. The zero-order valence-corrected chi connectivity index (χ0v) is 12.4. The zero-order valence-electron chi connectivity index (χ0n) is 12.4. The second kappa shape index (κ2) is 5.12. The Morgan fingerprint density at radius 3 is 2.65 bits per heavy atom. The lowest BCUT2D eigenvalue weighted by Crippen LogP contribution is -2.10. The van der Waals surface area contributed by atoms with E-state index in [1.165, 1.54) is 4.52 Å². The van der Waals surface area contributed by atoms with Crippen LogP contribution in [0.1, 0.15) is 51.1 Å². The maximum absolute atomic E-state index is 10.2. The van der Waals surface area contributed by atoms with Crippen molar-refractivity contribution in [2.45, 2.75) is 47.0 Å². The third kappa shape index (κ3) is 2.74. The Morgan fingerprint density at radius 1 is 1.40 bits per heavy atom. The van der Waals surface area contributed by atoms with E-state index in [-0.39, 0.29) is 11.3 Å². The van der Waals surface area contributed by atoms with Gasteiger partial charge in [0.2, 0.25) is 5.88 Å². The first kappa shape index (κ1) is 14.3. The van der Waals surface area contributed by atoms with E-state index in [0.717, 1.165) is 24.8 Å². The average Bonchev–Trinajstić information content (AvgIpc) is 2.70. The van der Waals surface area contributed by atoms with Crippen molar-refractivity contribution in [2.24, 2.45) is 5.41 Å². The van der Waals surface area contributed by atoms with E-state index in [9.17, 15) is 10.4 Å². The molecule has 0 radical (unpaired) electrons. The van der Waals surface area contributed by atoms with Gasteiger partial charge >= 0.3 is 0 Å². The molecule has 0 saturated carbocycles. The van der Waals surface area contributed by atoms with Crippen LogP contribution in [-0.4, -0.2) is 19.7 Å². The van der Waals surface area contributed by atoms with Gasteiger partial charge in [0.1, 0.15) is 11.6 Å². The van der Waals surface area contributed by atoms with E-state index in [2.05, 4.69) is 36.9 Å². The molecule has 0 atom stereocenters. The Kier molecular flexibility index (Phi) is 3.67. The van der Waals surface area contributed by atoms with Gasteiger partial charge in [-0.05, 0) is 23.5 Å². The highest BCUT2D eigenvalue weighted by Gasteiger charge is 2.19. The molecule has 2 aromatic rings. The topological polar surface area (TPSA) is 74.2 Å². The maximum Gasteiger partial charge on any atom is 0.232 e. The third-order valence-electron chi connectivity index (χ3n) is 3.04. The number of hydrogen-bond acceptors (Lipinski definition) is 4. The lowest BCUT2D eigenvalue weighted by Gasteiger charge is -2.14. The first-order chi connectivity index (χ1) is 9.35. The second-order valence-corrected chi connectivity index (χ2v) is 6.27. The molecule has 2 heterocycles. The van der Waals surface area contributed by atoms with Crippen molar-refractivity contribution in [3.8, 4) is 11.9 Å². The summed E-state index contributed by atoms with van der Waals surface area (Å²) in [4.78, 5) is 4.46. The molecule has 0 unspecified atom stereocenters. The van der Waals surface area contributed by atoms with Gasteiger partial charge in [0, 0.05) is 6.42 Å². The van der Waals surface area contributed by atoms with E-state index in [4.69, 9.17) is 0 Å². The SMILES string of the molecule is CCCc1cc2nc(CC(C)(C)C)nn2c(O)c1C#N. The van der Waals surface area contributed by atoms with Gasteiger partial charge < -0.3 is 5.11 Å². The van der Waals surface area contributed by atoms with Gasteiger partial charge in [-0.1, -0.05) is 34.1 Å². The molecular formula is C15H20N4O. The minimum Gasteiger partial charge on any atom is -0.492 e. The van der Waals surface area contributed by atoms with Crippen molar-refractivity contribution in [1.82, 2.24) is 14.6 Å². The van der Waals surface area contributed by atoms with Gasteiger partial charge in [0.15, 0.2) is 11.5 Å². The minimum atomic E-state index is -0.110. The molecule has 2 rings (SSSR count). The van der Waals surface area contributed by atoms with Crippen LogP contribution in [0.2, 0.25) is 0 Å². The van der Waals surface area contributed by atoms with Gasteiger partial charge in [-0.3, -0.25) is 0 Å².